The number of hydrogen-bond acceptors (Lipinski definition) is 1. The maximum Gasteiger partial charge on any atom is 0.112 e. The summed E-state index contributed by atoms with van der Waals surface area (Å²) in [6.45, 7) is 5.65. The molecule has 0 aliphatic heterocycles. The van der Waals surface area contributed by atoms with Crippen LogP contribution in [0.3, 0.4) is 0 Å². The van der Waals surface area contributed by atoms with Crippen molar-refractivity contribution in [3.8, 4) is 0 Å². The molecule has 4 aromatic rings. The van der Waals surface area contributed by atoms with Crippen LogP contribution >= 0.6 is 0 Å². The molecule has 2 atom stereocenters. The molecule has 42 heavy (non-hydrogen) atoms. The number of benzene rings is 3. The molecule has 2 nitrogen and oxygen atoms in total. The molecule has 0 spiro atoms. The molecule has 0 saturated heterocycles. The summed E-state index contributed by atoms with van der Waals surface area (Å²) in [6, 6.07) is 33.1. The molecule has 224 valence electrons. The van der Waals surface area contributed by atoms with Gasteiger partial charge in [-0.05, 0) is 29.5 Å². The molecule has 3 aromatic carbocycles. The number of nitrogens with zero attached hydrogens (tertiary/aromatic N) is 2. The maximum absolute atomic E-state index is 5.08. The molecule has 0 aliphatic rings. The first-order valence-corrected chi connectivity index (χ1v) is 16.8. The lowest BCUT2D eigenvalue weighted by Crippen LogP contribution is -2.35. The van der Waals surface area contributed by atoms with Crippen LogP contribution in [0, 0.1) is 0 Å². The van der Waals surface area contributed by atoms with Gasteiger partial charge in [0.15, 0.2) is 0 Å². The number of aromatic nitrogens is 2. The summed E-state index contributed by atoms with van der Waals surface area (Å²) in [5, 5.41) is 0. The van der Waals surface area contributed by atoms with Gasteiger partial charge in [-0.1, -0.05) is 182 Å². The highest BCUT2D eigenvalue weighted by atomic mass is 15.1. The Morgan fingerprint density at radius 2 is 1.12 bits per heavy atom. The van der Waals surface area contributed by atoms with Crippen LogP contribution in [0.4, 0.5) is 0 Å². The molecule has 1 aromatic heterocycles. The van der Waals surface area contributed by atoms with Crippen LogP contribution in [-0.2, 0) is 18.4 Å². The second-order valence-corrected chi connectivity index (χ2v) is 12.6. The average molecular weight is 563 g/mol. The zero-order valence-electron chi connectivity index (χ0n) is 26.4. The number of rotatable bonds is 20. The van der Waals surface area contributed by atoms with Gasteiger partial charge in [0.1, 0.15) is 5.82 Å². The summed E-state index contributed by atoms with van der Waals surface area (Å²) in [4.78, 5) is 5.08. The van der Waals surface area contributed by atoms with E-state index in [0.717, 1.165) is 19.4 Å². The molecule has 4 rings (SSSR count). The van der Waals surface area contributed by atoms with Gasteiger partial charge in [-0.2, -0.15) is 0 Å². The summed E-state index contributed by atoms with van der Waals surface area (Å²) < 4.78 is 2.41. The summed E-state index contributed by atoms with van der Waals surface area (Å²) in [7, 11) is 0. The van der Waals surface area contributed by atoms with E-state index in [9.17, 15) is 0 Å². The number of hydrogen-bond donors (Lipinski definition) is 0. The predicted octanol–water partition coefficient (Wildman–Crippen LogP) is 11.3. The SMILES string of the molecule is CCCCCCCCCCCCCCC(c1nccn1Cc1ccccc1)C(C)(Cc1ccccc1)c1ccccc1. The zero-order chi connectivity index (χ0) is 29.3. The van der Waals surface area contributed by atoms with Crippen LogP contribution in [0.1, 0.15) is 126 Å². The number of imidazole rings is 1. The molecule has 0 aliphatic carbocycles. The molecule has 0 fully saturated rings. The molecule has 2 heteroatoms. The lowest BCUT2D eigenvalue weighted by atomic mass is 9.66. The van der Waals surface area contributed by atoms with Crippen molar-refractivity contribution in [3.05, 3.63) is 126 Å². The normalized spacial score (nSPS) is 13.6. The molecule has 0 bridgehead atoms. The van der Waals surface area contributed by atoms with Crippen LogP contribution in [0.25, 0.3) is 0 Å². The highest BCUT2D eigenvalue weighted by Gasteiger charge is 2.39. The van der Waals surface area contributed by atoms with E-state index in [0.29, 0.717) is 5.92 Å². The van der Waals surface area contributed by atoms with E-state index in [1.165, 1.54) is 99.6 Å². The van der Waals surface area contributed by atoms with E-state index >= 15 is 0 Å². The van der Waals surface area contributed by atoms with Crippen molar-refractivity contribution in [1.29, 1.82) is 0 Å². The lowest BCUT2D eigenvalue weighted by Gasteiger charge is -2.39. The zero-order valence-corrected chi connectivity index (χ0v) is 26.4. The van der Waals surface area contributed by atoms with Crippen molar-refractivity contribution in [2.24, 2.45) is 0 Å². The first-order chi connectivity index (χ1) is 20.7. The van der Waals surface area contributed by atoms with Crippen LogP contribution in [0.5, 0.6) is 0 Å². The second kappa shape index (κ2) is 17.7. The standard InChI is InChI=1S/C40H54N2/c1-3-4-5-6-7-8-9-10-11-12-13-23-30-38(39-41-31-32-42(39)34-36-26-19-15-20-27-36)40(2,37-28-21-16-22-29-37)33-35-24-17-14-18-25-35/h14-22,24-29,31-32,38H,3-13,23,30,33-34H2,1-2H3. The molecule has 2 unspecified atom stereocenters. The number of unbranched alkanes of at least 4 members (excludes halogenated alkanes) is 11. The van der Waals surface area contributed by atoms with Crippen LogP contribution < -0.4 is 0 Å². The highest BCUT2D eigenvalue weighted by molar-refractivity contribution is 5.33. The van der Waals surface area contributed by atoms with Gasteiger partial charge in [-0.25, -0.2) is 4.98 Å². The van der Waals surface area contributed by atoms with Crippen molar-refractivity contribution >= 4 is 0 Å². The van der Waals surface area contributed by atoms with E-state index in [2.05, 4.69) is 116 Å². The average Bonchev–Trinajstić information content (AvgIpc) is 3.48. The fourth-order valence-electron chi connectivity index (χ4n) is 6.73. The van der Waals surface area contributed by atoms with Gasteiger partial charge >= 0.3 is 0 Å². The van der Waals surface area contributed by atoms with E-state index in [4.69, 9.17) is 4.98 Å². The third kappa shape index (κ3) is 9.72. The summed E-state index contributed by atoms with van der Waals surface area (Å²) in [5.41, 5.74) is 4.06. The van der Waals surface area contributed by atoms with Crippen LogP contribution in [-0.4, -0.2) is 9.55 Å². The Hall–Kier alpha value is -3.13. The van der Waals surface area contributed by atoms with Gasteiger partial charge in [0, 0.05) is 30.3 Å². The van der Waals surface area contributed by atoms with Crippen molar-refractivity contribution in [3.63, 3.8) is 0 Å². The van der Waals surface area contributed by atoms with Crippen molar-refractivity contribution in [2.75, 3.05) is 0 Å². The molecule has 0 saturated carbocycles. The fraction of sp³-hybridized carbons (Fsp3) is 0.475. The van der Waals surface area contributed by atoms with Gasteiger partial charge < -0.3 is 4.57 Å². The first kappa shape index (κ1) is 31.8. The van der Waals surface area contributed by atoms with Crippen molar-refractivity contribution in [1.82, 2.24) is 9.55 Å². The smallest absolute Gasteiger partial charge is 0.112 e. The second-order valence-electron chi connectivity index (χ2n) is 12.6. The predicted molar refractivity (Wildman–Crippen MR) is 180 cm³/mol. The quantitative estimate of drug-likeness (QED) is 0.0979. The highest BCUT2D eigenvalue weighted by Crippen LogP contribution is 2.44. The third-order valence-electron chi connectivity index (χ3n) is 9.22. The Morgan fingerprint density at radius 1 is 0.619 bits per heavy atom. The molecule has 0 radical (unpaired) electrons. The van der Waals surface area contributed by atoms with Gasteiger partial charge in [0.2, 0.25) is 0 Å². The Bertz CT molecular complexity index is 1230. The van der Waals surface area contributed by atoms with Crippen LogP contribution in [0.2, 0.25) is 0 Å². The Labute approximate surface area is 256 Å². The van der Waals surface area contributed by atoms with Gasteiger partial charge in [0.25, 0.3) is 0 Å². The summed E-state index contributed by atoms with van der Waals surface area (Å²) >= 11 is 0. The summed E-state index contributed by atoms with van der Waals surface area (Å²) in [5.74, 6) is 1.55. The van der Waals surface area contributed by atoms with E-state index in [1.807, 2.05) is 6.20 Å². The van der Waals surface area contributed by atoms with Crippen LogP contribution in [0.15, 0.2) is 103 Å². The van der Waals surface area contributed by atoms with E-state index in [1.54, 1.807) is 0 Å². The minimum Gasteiger partial charge on any atom is -0.330 e. The Kier molecular flexibility index (Phi) is 13.4. The monoisotopic (exact) mass is 562 g/mol. The van der Waals surface area contributed by atoms with Crippen molar-refractivity contribution in [2.45, 2.75) is 122 Å². The van der Waals surface area contributed by atoms with Gasteiger partial charge in [-0.3, -0.25) is 0 Å². The van der Waals surface area contributed by atoms with Crippen molar-refractivity contribution < 1.29 is 0 Å². The lowest BCUT2D eigenvalue weighted by molar-refractivity contribution is 0.324. The molecular formula is C40H54N2. The minimum atomic E-state index is -0.0693. The molecule has 1 heterocycles. The third-order valence-corrected chi connectivity index (χ3v) is 9.22. The molecular weight excluding hydrogens is 508 g/mol. The molecule has 0 amide bonds. The van der Waals surface area contributed by atoms with Gasteiger partial charge in [0.05, 0.1) is 0 Å². The molecule has 0 N–H and O–H groups in total. The minimum absolute atomic E-state index is 0.0693. The maximum atomic E-state index is 5.08. The summed E-state index contributed by atoms with van der Waals surface area (Å²) in [6.07, 6.45) is 22.9. The Morgan fingerprint density at radius 3 is 1.69 bits per heavy atom. The first-order valence-electron chi connectivity index (χ1n) is 16.8. The largest absolute Gasteiger partial charge is 0.330 e. The van der Waals surface area contributed by atoms with Gasteiger partial charge in [-0.15, -0.1) is 0 Å². The Balaban J connectivity index is 1.47. The fourth-order valence-corrected chi connectivity index (χ4v) is 6.73. The van der Waals surface area contributed by atoms with E-state index < -0.39 is 0 Å². The topological polar surface area (TPSA) is 17.8 Å². The van der Waals surface area contributed by atoms with E-state index in [-0.39, 0.29) is 5.41 Å².